The molecule has 0 amide bonds. The smallest absolute Gasteiger partial charge is 0.246 e. The van der Waals surface area contributed by atoms with Gasteiger partial charge in [0.25, 0.3) is 0 Å². The van der Waals surface area contributed by atoms with Crippen molar-refractivity contribution >= 4 is 15.7 Å². The highest BCUT2D eigenvalue weighted by atomic mass is 32.2. The van der Waals surface area contributed by atoms with Gasteiger partial charge in [0.15, 0.2) is 0 Å². The SMILES string of the molecule is CC1CCCN(S(=O)(=O)c2cc(N)ccc2F)C1C. The van der Waals surface area contributed by atoms with Crippen molar-refractivity contribution < 1.29 is 12.8 Å². The van der Waals surface area contributed by atoms with Crippen molar-refractivity contribution in [2.24, 2.45) is 5.92 Å². The Bertz CT molecular complexity index is 574. The van der Waals surface area contributed by atoms with Gasteiger partial charge < -0.3 is 5.73 Å². The quantitative estimate of drug-likeness (QED) is 0.848. The number of nitrogens with zero attached hydrogens (tertiary/aromatic N) is 1. The van der Waals surface area contributed by atoms with E-state index < -0.39 is 15.8 Å². The Balaban J connectivity index is 2.44. The van der Waals surface area contributed by atoms with Crippen molar-refractivity contribution in [2.45, 2.75) is 37.6 Å². The van der Waals surface area contributed by atoms with Crippen LogP contribution < -0.4 is 5.73 Å². The lowest BCUT2D eigenvalue weighted by Crippen LogP contribution is -2.46. The molecule has 106 valence electrons. The second-order valence-electron chi connectivity index (χ2n) is 5.17. The van der Waals surface area contributed by atoms with E-state index in [0.29, 0.717) is 6.54 Å². The van der Waals surface area contributed by atoms with Crippen LogP contribution in [0.1, 0.15) is 26.7 Å². The average molecular weight is 286 g/mol. The molecule has 1 aliphatic heterocycles. The zero-order chi connectivity index (χ0) is 14.2. The van der Waals surface area contributed by atoms with Gasteiger partial charge in [-0.15, -0.1) is 0 Å². The molecule has 1 heterocycles. The predicted octanol–water partition coefficient (Wildman–Crippen LogP) is 2.22. The van der Waals surface area contributed by atoms with Crippen LogP contribution >= 0.6 is 0 Å². The summed E-state index contributed by atoms with van der Waals surface area (Å²) >= 11 is 0. The molecule has 4 nitrogen and oxygen atoms in total. The molecule has 2 atom stereocenters. The molecule has 0 aromatic heterocycles. The predicted molar refractivity (Wildman–Crippen MR) is 72.6 cm³/mol. The van der Waals surface area contributed by atoms with Crippen LogP contribution in [0.4, 0.5) is 10.1 Å². The first-order valence-corrected chi connectivity index (χ1v) is 7.85. The van der Waals surface area contributed by atoms with Gasteiger partial charge in [0.1, 0.15) is 10.7 Å². The summed E-state index contributed by atoms with van der Waals surface area (Å²) in [5.41, 5.74) is 5.81. The van der Waals surface area contributed by atoms with Crippen LogP contribution in [0.5, 0.6) is 0 Å². The van der Waals surface area contributed by atoms with Gasteiger partial charge in [0.2, 0.25) is 10.0 Å². The summed E-state index contributed by atoms with van der Waals surface area (Å²) in [6.07, 6.45) is 1.79. The number of sulfonamides is 1. The molecular formula is C13H19FN2O2S. The fourth-order valence-electron chi connectivity index (χ4n) is 2.48. The Hall–Kier alpha value is -1.14. The second kappa shape index (κ2) is 5.09. The highest BCUT2D eigenvalue weighted by Gasteiger charge is 2.35. The number of anilines is 1. The first-order valence-electron chi connectivity index (χ1n) is 6.41. The van der Waals surface area contributed by atoms with Crippen LogP contribution in [-0.4, -0.2) is 25.3 Å². The monoisotopic (exact) mass is 286 g/mol. The zero-order valence-corrected chi connectivity index (χ0v) is 12.0. The van der Waals surface area contributed by atoms with Gasteiger partial charge in [-0.2, -0.15) is 4.31 Å². The van der Waals surface area contributed by atoms with E-state index in [4.69, 9.17) is 5.73 Å². The lowest BCUT2D eigenvalue weighted by Gasteiger charge is -2.36. The Morgan fingerprint density at radius 1 is 1.37 bits per heavy atom. The number of benzene rings is 1. The van der Waals surface area contributed by atoms with Crippen molar-refractivity contribution in [2.75, 3.05) is 12.3 Å². The largest absolute Gasteiger partial charge is 0.399 e. The zero-order valence-electron chi connectivity index (χ0n) is 11.1. The van der Waals surface area contributed by atoms with E-state index in [1.54, 1.807) is 0 Å². The topological polar surface area (TPSA) is 63.4 Å². The molecule has 6 heteroatoms. The van der Waals surface area contributed by atoms with Gasteiger partial charge in [0.05, 0.1) is 0 Å². The summed E-state index contributed by atoms with van der Waals surface area (Å²) in [4.78, 5) is -0.326. The van der Waals surface area contributed by atoms with E-state index in [-0.39, 0.29) is 22.5 Å². The summed E-state index contributed by atoms with van der Waals surface area (Å²) in [5.74, 6) is -0.479. The molecule has 0 radical (unpaired) electrons. The van der Waals surface area contributed by atoms with Crippen molar-refractivity contribution in [3.63, 3.8) is 0 Å². The van der Waals surface area contributed by atoms with Gasteiger partial charge >= 0.3 is 0 Å². The minimum absolute atomic E-state index is 0.125. The van der Waals surface area contributed by atoms with E-state index in [2.05, 4.69) is 0 Å². The summed E-state index contributed by atoms with van der Waals surface area (Å²) in [6, 6.07) is 3.52. The summed E-state index contributed by atoms with van der Waals surface area (Å²) in [5, 5.41) is 0. The molecule has 1 aromatic rings. The molecule has 2 N–H and O–H groups in total. The Kier molecular flexibility index (Phi) is 3.82. The minimum atomic E-state index is -3.82. The average Bonchev–Trinajstić information content (AvgIpc) is 2.35. The molecule has 0 spiro atoms. The highest BCUT2D eigenvalue weighted by Crippen LogP contribution is 2.30. The normalized spacial score (nSPS) is 25.4. The lowest BCUT2D eigenvalue weighted by molar-refractivity contribution is 0.202. The molecule has 1 saturated heterocycles. The van der Waals surface area contributed by atoms with Gasteiger partial charge in [-0.25, -0.2) is 12.8 Å². The molecule has 0 bridgehead atoms. The number of halogens is 1. The van der Waals surface area contributed by atoms with E-state index >= 15 is 0 Å². The van der Waals surface area contributed by atoms with Crippen LogP contribution in [0, 0.1) is 11.7 Å². The molecule has 2 unspecified atom stereocenters. The van der Waals surface area contributed by atoms with Gasteiger partial charge in [0, 0.05) is 18.3 Å². The number of rotatable bonds is 2. The van der Waals surface area contributed by atoms with Gasteiger partial charge in [-0.05, 0) is 43.9 Å². The van der Waals surface area contributed by atoms with E-state index in [0.717, 1.165) is 18.9 Å². The third-order valence-corrected chi connectivity index (χ3v) is 5.86. The fraction of sp³-hybridized carbons (Fsp3) is 0.538. The maximum Gasteiger partial charge on any atom is 0.246 e. The maximum absolute atomic E-state index is 13.8. The molecule has 1 aromatic carbocycles. The first-order chi connectivity index (χ1) is 8.84. The van der Waals surface area contributed by atoms with Crippen molar-refractivity contribution in [1.82, 2.24) is 4.31 Å². The van der Waals surface area contributed by atoms with E-state index in [1.807, 2.05) is 13.8 Å². The second-order valence-corrected chi connectivity index (χ2v) is 7.02. The third kappa shape index (κ3) is 2.60. The van der Waals surface area contributed by atoms with Gasteiger partial charge in [-0.3, -0.25) is 0 Å². The Morgan fingerprint density at radius 3 is 2.74 bits per heavy atom. The molecule has 19 heavy (non-hydrogen) atoms. The summed E-state index contributed by atoms with van der Waals surface area (Å²) in [6.45, 7) is 4.32. The number of hydrogen-bond donors (Lipinski definition) is 1. The van der Waals surface area contributed by atoms with Crippen LogP contribution in [0.25, 0.3) is 0 Å². The fourth-order valence-corrected chi connectivity index (χ4v) is 4.35. The van der Waals surface area contributed by atoms with Crippen molar-refractivity contribution in [1.29, 1.82) is 0 Å². The number of nitrogen functional groups attached to an aromatic ring is 1. The molecule has 1 aliphatic rings. The Morgan fingerprint density at radius 2 is 2.05 bits per heavy atom. The molecule has 0 aliphatic carbocycles. The summed E-state index contributed by atoms with van der Waals surface area (Å²) < 4.78 is 40.3. The van der Waals surface area contributed by atoms with E-state index in [9.17, 15) is 12.8 Å². The van der Waals surface area contributed by atoms with E-state index in [1.165, 1.54) is 16.4 Å². The lowest BCUT2D eigenvalue weighted by atomic mass is 9.94. The summed E-state index contributed by atoms with van der Waals surface area (Å²) in [7, 11) is -3.82. The first kappa shape index (κ1) is 14.3. The Labute approximate surface area is 113 Å². The van der Waals surface area contributed by atoms with Crippen LogP contribution in [-0.2, 0) is 10.0 Å². The third-order valence-electron chi connectivity index (χ3n) is 3.86. The highest BCUT2D eigenvalue weighted by molar-refractivity contribution is 7.89. The molecule has 2 rings (SSSR count). The van der Waals surface area contributed by atoms with Crippen LogP contribution in [0.2, 0.25) is 0 Å². The van der Waals surface area contributed by atoms with Gasteiger partial charge in [-0.1, -0.05) is 6.92 Å². The number of piperidine rings is 1. The molecule has 0 saturated carbocycles. The van der Waals surface area contributed by atoms with Crippen LogP contribution in [0.3, 0.4) is 0 Å². The van der Waals surface area contributed by atoms with Crippen molar-refractivity contribution in [3.05, 3.63) is 24.0 Å². The number of hydrogen-bond acceptors (Lipinski definition) is 3. The van der Waals surface area contributed by atoms with Crippen molar-refractivity contribution in [3.8, 4) is 0 Å². The van der Waals surface area contributed by atoms with Crippen LogP contribution in [0.15, 0.2) is 23.1 Å². The molecular weight excluding hydrogens is 267 g/mol. The standard InChI is InChI=1S/C13H19FN2O2S/c1-9-4-3-7-16(10(9)2)19(17,18)13-8-11(15)5-6-12(13)14/h5-6,8-10H,3-4,7,15H2,1-2H3. The minimum Gasteiger partial charge on any atom is -0.399 e. The number of nitrogens with two attached hydrogens (primary N) is 1. The molecule has 1 fully saturated rings. The maximum atomic E-state index is 13.8.